The largest absolute Gasteiger partial charge is 0.345 e. The van der Waals surface area contributed by atoms with Crippen LogP contribution in [0.3, 0.4) is 0 Å². The van der Waals surface area contributed by atoms with E-state index in [0.29, 0.717) is 6.04 Å². The van der Waals surface area contributed by atoms with Gasteiger partial charge in [-0.05, 0) is 36.2 Å². The topological polar surface area (TPSA) is 34.0 Å². The van der Waals surface area contributed by atoms with E-state index in [1.165, 1.54) is 19.3 Å². The van der Waals surface area contributed by atoms with Gasteiger partial charge in [0.25, 0.3) is 0 Å². The number of hydrogen-bond donors (Lipinski definition) is 1. The lowest BCUT2D eigenvalue weighted by Gasteiger charge is -2.24. The summed E-state index contributed by atoms with van der Waals surface area (Å²) in [6.45, 7) is 2.00. The standard InChI is InChI=1S/C25H24N2O/c28-25(22-13-7-9-18-8-1-2-11-20(18)22)23-17-27(16-19-10-5-6-15-26-19)24-14-4-3-12-21(23)24/h1-4,7-9,11-14,17,19,26H,5-6,10,15-16H2. The Hall–Kier alpha value is -2.91. The number of fused-ring (bicyclic) bond motifs is 2. The molecule has 1 aromatic heterocycles. The summed E-state index contributed by atoms with van der Waals surface area (Å²) < 4.78 is 2.26. The van der Waals surface area contributed by atoms with Gasteiger partial charge in [-0.2, -0.15) is 0 Å². The van der Waals surface area contributed by atoms with Crippen LogP contribution >= 0.6 is 0 Å². The number of aromatic nitrogens is 1. The molecule has 1 fully saturated rings. The summed E-state index contributed by atoms with van der Waals surface area (Å²) in [5.74, 6) is 0.100. The fourth-order valence-electron chi connectivity index (χ4n) is 4.46. The monoisotopic (exact) mass is 368 g/mol. The van der Waals surface area contributed by atoms with E-state index in [-0.39, 0.29) is 5.78 Å². The SMILES string of the molecule is O=C(c1cccc2ccccc12)c1cn(CC2CCCCN2)c2ccccc12. The molecule has 28 heavy (non-hydrogen) atoms. The van der Waals surface area contributed by atoms with Gasteiger partial charge < -0.3 is 9.88 Å². The third kappa shape index (κ3) is 3.02. The van der Waals surface area contributed by atoms with Crippen LogP contribution in [0.4, 0.5) is 0 Å². The van der Waals surface area contributed by atoms with Gasteiger partial charge in [0.2, 0.25) is 0 Å². The molecule has 140 valence electrons. The first kappa shape index (κ1) is 17.2. The fourth-order valence-corrected chi connectivity index (χ4v) is 4.46. The average Bonchev–Trinajstić information content (AvgIpc) is 3.12. The summed E-state index contributed by atoms with van der Waals surface area (Å²) in [5, 5.41) is 6.77. The van der Waals surface area contributed by atoms with Crippen LogP contribution in [0.25, 0.3) is 21.7 Å². The number of carbonyl (C=O) groups excluding carboxylic acids is 1. The number of hydrogen-bond acceptors (Lipinski definition) is 2. The van der Waals surface area contributed by atoms with Crippen LogP contribution < -0.4 is 5.32 Å². The number of para-hydroxylation sites is 1. The van der Waals surface area contributed by atoms with E-state index in [9.17, 15) is 4.79 Å². The number of rotatable bonds is 4. The van der Waals surface area contributed by atoms with E-state index in [2.05, 4.69) is 46.4 Å². The fraction of sp³-hybridized carbons (Fsp3) is 0.240. The van der Waals surface area contributed by atoms with Gasteiger partial charge in [-0.1, -0.05) is 67.1 Å². The molecule has 0 radical (unpaired) electrons. The first-order valence-electron chi connectivity index (χ1n) is 10.1. The molecule has 1 saturated heterocycles. The molecule has 0 saturated carbocycles. The Balaban J connectivity index is 1.59. The predicted molar refractivity (Wildman–Crippen MR) is 115 cm³/mol. The van der Waals surface area contributed by atoms with Crippen LogP contribution in [0.1, 0.15) is 35.2 Å². The van der Waals surface area contributed by atoms with Crippen molar-refractivity contribution in [2.75, 3.05) is 6.54 Å². The van der Waals surface area contributed by atoms with Crippen LogP contribution in [0, 0.1) is 0 Å². The summed E-state index contributed by atoms with van der Waals surface area (Å²) in [5.41, 5.74) is 2.71. The summed E-state index contributed by atoms with van der Waals surface area (Å²) in [6, 6.07) is 22.8. The van der Waals surface area contributed by atoms with Crippen molar-refractivity contribution in [3.05, 3.63) is 84.1 Å². The second-order valence-corrected chi connectivity index (χ2v) is 7.71. The zero-order valence-corrected chi connectivity index (χ0v) is 15.9. The first-order valence-corrected chi connectivity index (χ1v) is 10.1. The van der Waals surface area contributed by atoms with Crippen molar-refractivity contribution in [2.45, 2.75) is 31.8 Å². The Morgan fingerprint density at radius 1 is 0.893 bits per heavy atom. The molecular formula is C25H24N2O. The Labute approximate surface area is 165 Å². The van der Waals surface area contributed by atoms with Crippen molar-refractivity contribution in [3.63, 3.8) is 0 Å². The number of nitrogens with zero attached hydrogens (tertiary/aromatic N) is 1. The number of ketones is 1. The van der Waals surface area contributed by atoms with Crippen molar-refractivity contribution in [2.24, 2.45) is 0 Å². The molecule has 1 atom stereocenters. The molecule has 0 aliphatic carbocycles. The molecule has 2 heterocycles. The molecule has 1 N–H and O–H groups in total. The van der Waals surface area contributed by atoms with Gasteiger partial charge in [-0.25, -0.2) is 0 Å². The predicted octanol–water partition coefficient (Wildman–Crippen LogP) is 5.17. The molecule has 0 amide bonds. The summed E-state index contributed by atoms with van der Waals surface area (Å²) in [7, 11) is 0. The third-order valence-electron chi connectivity index (χ3n) is 5.90. The molecule has 3 heteroatoms. The van der Waals surface area contributed by atoms with Gasteiger partial charge in [-0.15, -0.1) is 0 Å². The Morgan fingerprint density at radius 3 is 2.54 bits per heavy atom. The van der Waals surface area contributed by atoms with Crippen molar-refractivity contribution in [1.82, 2.24) is 9.88 Å². The molecule has 3 aromatic carbocycles. The molecule has 1 unspecified atom stereocenters. The highest BCUT2D eigenvalue weighted by atomic mass is 16.1. The van der Waals surface area contributed by atoms with Gasteiger partial charge in [0, 0.05) is 40.8 Å². The van der Waals surface area contributed by atoms with Crippen molar-refractivity contribution >= 4 is 27.5 Å². The molecular weight excluding hydrogens is 344 g/mol. The quantitative estimate of drug-likeness (QED) is 0.504. The second kappa shape index (κ2) is 7.25. The van der Waals surface area contributed by atoms with Crippen molar-refractivity contribution < 1.29 is 4.79 Å². The third-order valence-corrected chi connectivity index (χ3v) is 5.90. The normalized spacial score (nSPS) is 17.2. The van der Waals surface area contributed by atoms with E-state index in [1.54, 1.807) is 0 Å². The van der Waals surface area contributed by atoms with E-state index in [0.717, 1.165) is 45.9 Å². The zero-order valence-electron chi connectivity index (χ0n) is 15.9. The Bertz CT molecular complexity index is 1150. The van der Waals surface area contributed by atoms with Crippen molar-refractivity contribution in [3.8, 4) is 0 Å². The lowest BCUT2D eigenvalue weighted by atomic mass is 9.97. The van der Waals surface area contributed by atoms with Gasteiger partial charge in [0.1, 0.15) is 0 Å². The van der Waals surface area contributed by atoms with Crippen LogP contribution in [0.5, 0.6) is 0 Å². The van der Waals surface area contributed by atoms with E-state index < -0.39 is 0 Å². The molecule has 4 aromatic rings. The highest BCUT2D eigenvalue weighted by molar-refractivity contribution is 6.21. The minimum Gasteiger partial charge on any atom is -0.345 e. The number of nitrogens with one attached hydrogen (secondary N) is 1. The van der Waals surface area contributed by atoms with E-state index in [4.69, 9.17) is 0 Å². The Kier molecular flexibility index (Phi) is 4.46. The summed E-state index contributed by atoms with van der Waals surface area (Å²) in [4.78, 5) is 13.6. The minimum absolute atomic E-state index is 0.100. The number of benzene rings is 3. The highest BCUT2D eigenvalue weighted by Gasteiger charge is 2.20. The van der Waals surface area contributed by atoms with Gasteiger partial charge in [0.05, 0.1) is 0 Å². The second-order valence-electron chi connectivity index (χ2n) is 7.71. The van der Waals surface area contributed by atoms with E-state index >= 15 is 0 Å². The molecule has 3 nitrogen and oxygen atoms in total. The number of piperidine rings is 1. The van der Waals surface area contributed by atoms with Crippen LogP contribution in [0.2, 0.25) is 0 Å². The summed E-state index contributed by atoms with van der Waals surface area (Å²) >= 11 is 0. The molecule has 1 aliphatic rings. The molecule has 0 bridgehead atoms. The van der Waals surface area contributed by atoms with Crippen molar-refractivity contribution in [1.29, 1.82) is 0 Å². The maximum atomic E-state index is 13.6. The van der Waals surface area contributed by atoms with Crippen LogP contribution in [0.15, 0.2) is 72.9 Å². The summed E-state index contributed by atoms with van der Waals surface area (Å²) in [6.07, 6.45) is 5.79. The maximum absolute atomic E-state index is 13.6. The van der Waals surface area contributed by atoms with Gasteiger partial charge in [-0.3, -0.25) is 4.79 Å². The van der Waals surface area contributed by atoms with Crippen LogP contribution in [-0.2, 0) is 6.54 Å². The molecule has 5 rings (SSSR count). The minimum atomic E-state index is 0.100. The number of carbonyl (C=O) groups is 1. The Morgan fingerprint density at radius 2 is 1.68 bits per heavy atom. The lowest BCUT2D eigenvalue weighted by Crippen LogP contribution is -2.37. The molecule has 1 aliphatic heterocycles. The first-order chi connectivity index (χ1) is 13.8. The van der Waals surface area contributed by atoms with Gasteiger partial charge in [0.15, 0.2) is 5.78 Å². The van der Waals surface area contributed by atoms with E-state index in [1.807, 2.05) is 36.4 Å². The maximum Gasteiger partial charge on any atom is 0.195 e. The zero-order chi connectivity index (χ0) is 18.9. The lowest BCUT2D eigenvalue weighted by molar-refractivity contribution is 0.104. The highest BCUT2D eigenvalue weighted by Crippen LogP contribution is 2.28. The van der Waals surface area contributed by atoms with Crippen LogP contribution in [-0.4, -0.2) is 22.9 Å². The molecule has 0 spiro atoms. The van der Waals surface area contributed by atoms with Gasteiger partial charge >= 0.3 is 0 Å². The smallest absolute Gasteiger partial charge is 0.195 e. The average molecular weight is 368 g/mol.